The normalized spacial score (nSPS) is 16.6. The summed E-state index contributed by atoms with van der Waals surface area (Å²) < 4.78 is 7.31. The number of halogens is 1. The summed E-state index contributed by atoms with van der Waals surface area (Å²) in [4.78, 5) is 24.0. The summed E-state index contributed by atoms with van der Waals surface area (Å²) in [7, 11) is 0. The van der Waals surface area contributed by atoms with Crippen molar-refractivity contribution in [2.75, 3.05) is 13.1 Å². The number of carbonyl (C=O) groups is 1. The van der Waals surface area contributed by atoms with Gasteiger partial charge in [-0.25, -0.2) is 4.79 Å². The molecule has 0 N–H and O–H groups in total. The third-order valence-corrected chi connectivity index (χ3v) is 3.89. The molecule has 1 aromatic heterocycles. The molecule has 122 valence electrons. The van der Waals surface area contributed by atoms with Gasteiger partial charge in [-0.2, -0.15) is 4.68 Å². The van der Waals surface area contributed by atoms with Crippen LogP contribution in [0.1, 0.15) is 39.7 Å². The van der Waals surface area contributed by atoms with E-state index in [1.165, 1.54) is 0 Å². The average Bonchev–Trinajstić information content (AvgIpc) is 2.79. The number of piperidine rings is 1. The summed E-state index contributed by atoms with van der Waals surface area (Å²) in [5, 5.41) is 14.8. The standard InChI is InChI=1S/C13H19BrN4O4/c1-13(2,3)22-12(19)16-6-4-9(5-7-16)17-8-10(14)11(15-17)18(20)21/h8-9H,4-7H2,1-3H3. The minimum absolute atomic E-state index is 0.0451. The fourth-order valence-corrected chi connectivity index (χ4v) is 2.74. The van der Waals surface area contributed by atoms with Gasteiger partial charge in [-0.1, -0.05) is 0 Å². The highest BCUT2D eigenvalue weighted by Crippen LogP contribution is 2.28. The van der Waals surface area contributed by atoms with Crippen LogP contribution in [-0.4, -0.2) is 44.4 Å². The second-order valence-electron chi connectivity index (χ2n) is 6.24. The first-order valence-corrected chi connectivity index (χ1v) is 7.83. The first-order chi connectivity index (χ1) is 10.2. The quantitative estimate of drug-likeness (QED) is 0.585. The molecule has 0 saturated carbocycles. The van der Waals surface area contributed by atoms with Crippen molar-refractivity contribution < 1.29 is 14.5 Å². The third-order valence-electron chi connectivity index (χ3n) is 3.33. The van der Waals surface area contributed by atoms with E-state index in [4.69, 9.17) is 4.74 Å². The molecule has 9 heteroatoms. The van der Waals surface area contributed by atoms with E-state index in [2.05, 4.69) is 21.0 Å². The molecule has 22 heavy (non-hydrogen) atoms. The summed E-state index contributed by atoms with van der Waals surface area (Å²) in [5.74, 6) is -0.186. The van der Waals surface area contributed by atoms with E-state index in [0.29, 0.717) is 30.4 Å². The number of aromatic nitrogens is 2. The van der Waals surface area contributed by atoms with Crippen LogP contribution < -0.4 is 0 Å². The van der Waals surface area contributed by atoms with Gasteiger partial charge in [0.2, 0.25) is 0 Å². The number of nitro groups is 1. The third kappa shape index (κ3) is 3.96. The maximum Gasteiger partial charge on any atom is 0.410 e. The van der Waals surface area contributed by atoms with Gasteiger partial charge < -0.3 is 19.8 Å². The van der Waals surface area contributed by atoms with Crippen LogP contribution in [0, 0.1) is 10.1 Å². The first-order valence-electron chi connectivity index (χ1n) is 7.04. The monoisotopic (exact) mass is 374 g/mol. The summed E-state index contributed by atoms with van der Waals surface area (Å²) in [6.07, 6.45) is 2.67. The van der Waals surface area contributed by atoms with Crippen molar-refractivity contribution in [2.45, 2.75) is 45.3 Å². The highest BCUT2D eigenvalue weighted by Gasteiger charge is 2.30. The molecule has 0 aliphatic carbocycles. The number of likely N-dealkylation sites (tertiary alicyclic amines) is 1. The van der Waals surface area contributed by atoms with Gasteiger partial charge in [0.25, 0.3) is 0 Å². The van der Waals surface area contributed by atoms with E-state index >= 15 is 0 Å². The van der Waals surface area contributed by atoms with Crippen LogP contribution in [0.5, 0.6) is 0 Å². The molecule has 1 fully saturated rings. The van der Waals surface area contributed by atoms with Gasteiger partial charge in [0.05, 0.1) is 17.3 Å². The van der Waals surface area contributed by atoms with Crippen molar-refractivity contribution in [3.63, 3.8) is 0 Å². The molecule has 2 heterocycles. The predicted molar refractivity (Wildman–Crippen MR) is 82.7 cm³/mol. The Bertz CT molecular complexity index is 573. The van der Waals surface area contributed by atoms with Crippen LogP contribution in [0.15, 0.2) is 10.7 Å². The van der Waals surface area contributed by atoms with E-state index in [1.807, 2.05) is 20.8 Å². The van der Waals surface area contributed by atoms with Crippen LogP contribution >= 0.6 is 15.9 Å². The maximum absolute atomic E-state index is 12.0. The minimum atomic E-state index is -0.517. The molecular weight excluding hydrogens is 356 g/mol. The Morgan fingerprint density at radius 2 is 2.05 bits per heavy atom. The van der Waals surface area contributed by atoms with Crippen molar-refractivity contribution in [3.05, 3.63) is 20.8 Å². The van der Waals surface area contributed by atoms with Gasteiger partial charge in [0.15, 0.2) is 0 Å². The Balaban J connectivity index is 1.96. The molecule has 1 aliphatic rings. The van der Waals surface area contributed by atoms with Crippen molar-refractivity contribution in [1.29, 1.82) is 0 Å². The van der Waals surface area contributed by atoms with E-state index in [1.54, 1.807) is 15.8 Å². The van der Waals surface area contributed by atoms with Crippen LogP contribution in [-0.2, 0) is 4.74 Å². The zero-order valence-electron chi connectivity index (χ0n) is 12.8. The van der Waals surface area contributed by atoms with E-state index in [9.17, 15) is 14.9 Å². The van der Waals surface area contributed by atoms with Crippen molar-refractivity contribution in [3.8, 4) is 0 Å². The fourth-order valence-electron chi connectivity index (χ4n) is 2.31. The average molecular weight is 375 g/mol. The molecule has 2 rings (SSSR count). The van der Waals surface area contributed by atoms with E-state index in [-0.39, 0.29) is 18.0 Å². The van der Waals surface area contributed by atoms with Crippen LogP contribution in [0.3, 0.4) is 0 Å². The zero-order valence-corrected chi connectivity index (χ0v) is 14.4. The first kappa shape index (κ1) is 16.7. The smallest absolute Gasteiger partial charge is 0.410 e. The summed E-state index contributed by atoms with van der Waals surface area (Å²) in [6, 6.07) is 0.0451. The lowest BCUT2D eigenvalue weighted by Gasteiger charge is -2.32. The molecule has 1 amide bonds. The highest BCUT2D eigenvalue weighted by molar-refractivity contribution is 9.10. The molecule has 0 spiro atoms. The maximum atomic E-state index is 12.0. The fraction of sp³-hybridized carbons (Fsp3) is 0.692. The van der Waals surface area contributed by atoms with Crippen molar-refractivity contribution in [2.24, 2.45) is 0 Å². The summed E-state index contributed by atoms with van der Waals surface area (Å²) in [6.45, 7) is 6.59. The second kappa shape index (κ2) is 6.23. The molecule has 1 aromatic rings. The summed E-state index contributed by atoms with van der Waals surface area (Å²) in [5.41, 5.74) is -0.513. The van der Waals surface area contributed by atoms with E-state index in [0.717, 1.165) is 0 Å². The number of amides is 1. The number of nitrogens with zero attached hydrogens (tertiary/aromatic N) is 4. The number of hydrogen-bond donors (Lipinski definition) is 0. The molecule has 8 nitrogen and oxygen atoms in total. The second-order valence-corrected chi connectivity index (χ2v) is 7.09. The van der Waals surface area contributed by atoms with Gasteiger partial charge in [0, 0.05) is 13.1 Å². The predicted octanol–water partition coefficient (Wildman–Crippen LogP) is 3.13. The molecular formula is C13H19BrN4O4. The number of rotatable bonds is 2. The highest BCUT2D eigenvalue weighted by atomic mass is 79.9. The van der Waals surface area contributed by atoms with Crippen molar-refractivity contribution >= 4 is 27.8 Å². The Labute approximate surface area is 136 Å². The zero-order chi connectivity index (χ0) is 16.5. The Kier molecular flexibility index (Phi) is 4.74. The lowest BCUT2D eigenvalue weighted by Crippen LogP contribution is -2.42. The number of ether oxygens (including phenoxy) is 1. The lowest BCUT2D eigenvalue weighted by molar-refractivity contribution is -0.390. The molecule has 0 atom stereocenters. The van der Waals surface area contributed by atoms with Gasteiger partial charge in [-0.05, 0) is 54.5 Å². The van der Waals surface area contributed by atoms with Gasteiger partial charge in [-0.3, -0.25) is 0 Å². The van der Waals surface area contributed by atoms with Crippen LogP contribution in [0.25, 0.3) is 0 Å². The molecule has 0 bridgehead atoms. The molecule has 0 unspecified atom stereocenters. The van der Waals surface area contributed by atoms with E-state index < -0.39 is 10.5 Å². The lowest BCUT2D eigenvalue weighted by atomic mass is 10.1. The van der Waals surface area contributed by atoms with Crippen molar-refractivity contribution in [1.82, 2.24) is 14.7 Å². The molecule has 0 aromatic carbocycles. The van der Waals surface area contributed by atoms with Gasteiger partial charge >= 0.3 is 11.9 Å². The Hall–Kier alpha value is -1.64. The largest absolute Gasteiger partial charge is 0.444 e. The Morgan fingerprint density at radius 3 is 2.50 bits per heavy atom. The number of carbonyl (C=O) groups excluding carboxylic acids is 1. The summed E-state index contributed by atoms with van der Waals surface area (Å²) >= 11 is 3.14. The molecule has 0 radical (unpaired) electrons. The van der Waals surface area contributed by atoms with Gasteiger partial charge in [0.1, 0.15) is 10.1 Å². The Morgan fingerprint density at radius 1 is 1.45 bits per heavy atom. The minimum Gasteiger partial charge on any atom is -0.444 e. The SMILES string of the molecule is CC(C)(C)OC(=O)N1CCC(n2cc(Br)c([N+](=O)[O-])n2)CC1. The topological polar surface area (TPSA) is 90.5 Å². The van der Waals surface area contributed by atoms with Gasteiger partial charge in [-0.15, -0.1) is 0 Å². The van der Waals surface area contributed by atoms with Crippen LogP contribution in [0.2, 0.25) is 0 Å². The molecule has 1 saturated heterocycles. The number of hydrogen-bond acceptors (Lipinski definition) is 5. The molecule has 1 aliphatic heterocycles. The van der Waals surface area contributed by atoms with Crippen LogP contribution in [0.4, 0.5) is 10.6 Å².